The molecule has 4 nitrogen and oxygen atoms in total. The summed E-state index contributed by atoms with van der Waals surface area (Å²) in [7, 11) is 0. The molecule has 3 aromatic rings. The quantitative estimate of drug-likeness (QED) is 0.740. The van der Waals surface area contributed by atoms with Gasteiger partial charge in [-0.3, -0.25) is 0 Å². The molecule has 0 amide bonds. The average molecular weight is 304 g/mol. The minimum Gasteiger partial charge on any atom is -0.398 e. The normalized spacial score (nSPS) is 10.9. The van der Waals surface area contributed by atoms with E-state index in [0.717, 1.165) is 33.7 Å². The van der Waals surface area contributed by atoms with E-state index in [-0.39, 0.29) is 0 Å². The minimum absolute atomic E-state index is 0.451. The van der Waals surface area contributed by atoms with Crippen LogP contribution in [-0.2, 0) is 6.54 Å². The summed E-state index contributed by atoms with van der Waals surface area (Å²) in [6, 6.07) is 12.5. The van der Waals surface area contributed by atoms with E-state index in [4.69, 9.17) is 16.0 Å². The molecular weight excluding hydrogens is 284 g/mol. The maximum absolute atomic E-state index is 8.97. The number of hydrogen-bond acceptors (Lipinski definition) is 3. The molecule has 0 radical (unpaired) electrons. The van der Waals surface area contributed by atoms with Crippen molar-refractivity contribution in [3.63, 3.8) is 0 Å². The number of nitrogen functional groups attached to an aromatic ring is 1. The Hall–Kier alpha value is -2.80. The standard InChI is InChI=1S/C19H20N4/c1-12-5-6-15(11-16(12)21)19-22-17-9-13(2)14(3)10-18(17)23(19)8-4-7-20/h5-6,9-11H,4,8,21H2,1-3H3. The molecule has 0 fully saturated rings. The molecule has 0 saturated carbocycles. The largest absolute Gasteiger partial charge is 0.398 e. The van der Waals surface area contributed by atoms with Gasteiger partial charge in [0.1, 0.15) is 5.82 Å². The van der Waals surface area contributed by atoms with Crippen LogP contribution in [0.2, 0.25) is 0 Å². The van der Waals surface area contributed by atoms with Crippen LogP contribution in [0.15, 0.2) is 30.3 Å². The maximum Gasteiger partial charge on any atom is 0.141 e. The predicted molar refractivity (Wildman–Crippen MR) is 94.0 cm³/mol. The number of fused-ring (bicyclic) bond motifs is 1. The van der Waals surface area contributed by atoms with E-state index in [1.54, 1.807) is 0 Å². The van der Waals surface area contributed by atoms with Gasteiger partial charge >= 0.3 is 0 Å². The highest BCUT2D eigenvalue weighted by Gasteiger charge is 2.14. The third-order valence-electron chi connectivity index (χ3n) is 4.35. The molecule has 0 aliphatic heterocycles. The van der Waals surface area contributed by atoms with Crippen molar-refractivity contribution in [2.24, 2.45) is 0 Å². The Kier molecular flexibility index (Phi) is 3.79. The van der Waals surface area contributed by atoms with Gasteiger partial charge in [-0.05, 0) is 55.7 Å². The lowest BCUT2D eigenvalue weighted by Gasteiger charge is -2.09. The highest BCUT2D eigenvalue weighted by Crippen LogP contribution is 2.29. The minimum atomic E-state index is 0.451. The molecule has 1 aromatic heterocycles. The van der Waals surface area contributed by atoms with Gasteiger partial charge in [-0.2, -0.15) is 5.26 Å². The number of anilines is 1. The summed E-state index contributed by atoms with van der Waals surface area (Å²) >= 11 is 0. The summed E-state index contributed by atoms with van der Waals surface area (Å²) in [4.78, 5) is 4.81. The highest BCUT2D eigenvalue weighted by atomic mass is 15.1. The molecule has 23 heavy (non-hydrogen) atoms. The molecule has 1 heterocycles. The van der Waals surface area contributed by atoms with Crippen molar-refractivity contribution >= 4 is 16.7 Å². The van der Waals surface area contributed by atoms with E-state index in [1.807, 2.05) is 25.1 Å². The molecule has 2 aromatic carbocycles. The van der Waals surface area contributed by atoms with Crippen LogP contribution in [-0.4, -0.2) is 9.55 Å². The highest BCUT2D eigenvalue weighted by molar-refractivity contribution is 5.82. The van der Waals surface area contributed by atoms with Gasteiger partial charge in [0.2, 0.25) is 0 Å². The summed E-state index contributed by atoms with van der Waals surface area (Å²) in [5.74, 6) is 0.868. The second-order valence-corrected chi connectivity index (χ2v) is 5.99. The van der Waals surface area contributed by atoms with Crippen LogP contribution < -0.4 is 5.73 Å². The molecule has 0 atom stereocenters. The summed E-state index contributed by atoms with van der Waals surface area (Å²) in [5.41, 5.74) is 13.3. The Bertz CT molecular complexity index is 929. The Balaban J connectivity index is 2.25. The molecule has 3 rings (SSSR count). The number of benzene rings is 2. The molecule has 116 valence electrons. The van der Waals surface area contributed by atoms with Gasteiger partial charge in [-0.25, -0.2) is 4.98 Å². The van der Waals surface area contributed by atoms with Gasteiger partial charge < -0.3 is 10.3 Å². The van der Waals surface area contributed by atoms with Crippen LogP contribution in [0.5, 0.6) is 0 Å². The van der Waals surface area contributed by atoms with Gasteiger partial charge in [0.15, 0.2) is 0 Å². The van der Waals surface area contributed by atoms with Gasteiger partial charge in [0, 0.05) is 17.8 Å². The Morgan fingerprint density at radius 1 is 1.09 bits per heavy atom. The zero-order valence-corrected chi connectivity index (χ0v) is 13.7. The fourth-order valence-electron chi connectivity index (χ4n) is 2.77. The van der Waals surface area contributed by atoms with Crippen molar-refractivity contribution in [3.8, 4) is 17.5 Å². The summed E-state index contributed by atoms with van der Waals surface area (Å²) in [6.45, 7) is 6.80. The predicted octanol–water partition coefficient (Wildman–Crippen LogP) is 4.12. The SMILES string of the molecule is Cc1cc2nc(-c3ccc(C)c(N)c3)n(CCC#N)c2cc1C. The van der Waals surface area contributed by atoms with E-state index >= 15 is 0 Å². The number of nitrogens with zero attached hydrogens (tertiary/aromatic N) is 3. The molecule has 0 unspecified atom stereocenters. The van der Waals surface area contributed by atoms with Gasteiger partial charge in [-0.15, -0.1) is 0 Å². The van der Waals surface area contributed by atoms with Crippen LogP contribution >= 0.6 is 0 Å². The van der Waals surface area contributed by atoms with E-state index in [9.17, 15) is 0 Å². The molecule has 0 bridgehead atoms. The Morgan fingerprint density at radius 2 is 1.83 bits per heavy atom. The lowest BCUT2D eigenvalue weighted by Crippen LogP contribution is -2.01. The molecule has 0 aliphatic carbocycles. The maximum atomic E-state index is 8.97. The van der Waals surface area contributed by atoms with Crippen molar-refractivity contribution in [2.75, 3.05) is 5.73 Å². The summed E-state index contributed by atoms with van der Waals surface area (Å²) in [5, 5.41) is 8.97. The number of hydrogen-bond donors (Lipinski definition) is 1. The Labute approximate surface area is 136 Å². The Morgan fingerprint density at radius 3 is 2.52 bits per heavy atom. The zero-order valence-electron chi connectivity index (χ0n) is 13.7. The number of nitriles is 1. The van der Waals surface area contributed by atoms with Crippen molar-refractivity contribution in [1.29, 1.82) is 5.26 Å². The number of aryl methyl sites for hydroxylation is 4. The first-order valence-corrected chi connectivity index (χ1v) is 7.72. The van der Waals surface area contributed by atoms with Crippen molar-refractivity contribution < 1.29 is 0 Å². The van der Waals surface area contributed by atoms with Crippen molar-refractivity contribution in [3.05, 3.63) is 47.0 Å². The molecule has 0 saturated heterocycles. The molecule has 0 aliphatic rings. The lowest BCUT2D eigenvalue weighted by atomic mass is 10.1. The molecule has 2 N–H and O–H groups in total. The first-order valence-electron chi connectivity index (χ1n) is 7.72. The summed E-state index contributed by atoms with van der Waals surface area (Å²) < 4.78 is 2.12. The summed E-state index contributed by atoms with van der Waals surface area (Å²) in [6.07, 6.45) is 0.451. The fraction of sp³-hybridized carbons (Fsp3) is 0.263. The molecule has 0 spiro atoms. The topological polar surface area (TPSA) is 67.6 Å². The van der Waals surface area contributed by atoms with Crippen molar-refractivity contribution in [1.82, 2.24) is 9.55 Å². The first kappa shape index (κ1) is 15.1. The van der Waals surface area contributed by atoms with Crippen LogP contribution in [0.3, 0.4) is 0 Å². The van der Waals surface area contributed by atoms with Gasteiger partial charge in [-0.1, -0.05) is 12.1 Å². The third-order valence-corrected chi connectivity index (χ3v) is 4.35. The van der Waals surface area contributed by atoms with E-state index < -0.39 is 0 Å². The average Bonchev–Trinajstić information content (AvgIpc) is 2.86. The third kappa shape index (κ3) is 2.66. The number of rotatable bonds is 3. The number of imidazole rings is 1. The number of aromatic nitrogens is 2. The van der Waals surface area contributed by atoms with Gasteiger partial charge in [0.05, 0.1) is 23.5 Å². The monoisotopic (exact) mass is 304 g/mol. The lowest BCUT2D eigenvalue weighted by molar-refractivity contribution is 0.744. The molecular formula is C19H20N4. The second kappa shape index (κ2) is 5.77. The first-order chi connectivity index (χ1) is 11.0. The van der Waals surface area contributed by atoms with Crippen LogP contribution in [0.1, 0.15) is 23.1 Å². The van der Waals surface area contributed by atoms with Crippen LogP contribution in [0.4, 0.5) is 5.69 Å². The van der Waals surface area contributed by atoms with Crippen molar-refractivity contribution in [2.45, 2.75) is 33.7 Å². The van der Waals surface area contributed by atoms with Crippen LogP contribution in [0, 0.1) is 32.1 Å². The van der Waals surface area contributed by atoms with E-state index in [0.29, 0.717) is 13.0 Å². The zero-order chi connectivity index (χ0) is 16.6. The van der Waals surface area contributed by atoms with Crippen LogP contribution in [0.25, 0.3) is 22.4 Å². The number of nitrogens with two attached hydrogens (primary N) is 1. The van der Waals surface area contributed by atoms with Gasteiger partial charge in [0.25, 0.3) is 0 Å². The fourth-order valence-corrected chi connectivity index (χ4v) is 2.77. The smallest absolute Gasteiger partial charge is 0.141 e. The molecule has 4 heteroatoms. The van der Waals surface area contributed by atoms with E-state index in [2.05, 4.69) is 36.6 Å². The second-order valence-electron chi connectivity index (χ2n) is 5.99. The van der Waals surface area contributed by atoms with E-state index in [1.165, 1.54) is 11.1 Å².